The topological polar surface area (TPSA) is 87.9 Å². The van der Waals surface area contributed by atoms with Gasteiger partial charge in [-0.2, -0.15) is 0 Å². The molecule has 2 aromatic rings. The van der Waals surface area contributed by atoms with Crippen molar-refractivity contribution in [1.29, 1.82) is 0 Å². The normalized spacial score (nSPS) is 11.2. The van der Waals surface area contributed by atoms with E-state index < -0.39 is 17.4 Å². The van der Waals surface area contributed by atoms with Crippen LogP contribution in [0.2, 0.25) is 0 Å². The van der Waals surface area contributed by atoms with Crippen molar-refractivity contribution in [2.75, 3.05) is 6.61 Å². The first-order valence-corrected chi connectivity index (χ1v) is 7.48. The summed E-state index contributed by atoms with van der Waals surface area (Å²) in [4.78, 5) is 21.9. The van der Waals surface area contributed by atoms with Crippen LogP contribution in [-0.4, -0.2) is 17.7 Å². The van der Waals surface area contributed by atoms with E-state index in [2.05, 4.69) is 6.58 Å². The minimum absolute atomic E-state index is 0.0105. The van der Waals surface area contributed by atoms with Gasteiger partial charge in [0.1, 0.15) is 0 Å². The molecule has 1 unspecified atom stereocenters. The zero-order chi connectivity index (χ0) is 18.1. The number of hydrogen-bond donors (Lipinski definition) is 0. The second-order valence-corrected chi connectivity index (χ2v) is 4.94. The molecule has 0 radical (unpaired) electrons. The predicted octanol–water partition coefficient (Wildman–Crippen LogP) is 4.15. The zero-order valence-corrected chi connectivity index (χ0v) is 13.4. The van der Waals surface area contributed by atoms with E-state index in [-0.39, 0.29) is 12.3 Å². The molecule has 0 N–H and O–H groups in total. The quantitative estimate of drug-likeness (QED) is 0.235. The molecule has 130 valence electrons. The van der Waals surface area contributed by atoms with Crippen LogP contribution in [0.3, 0.4) is 0 Å². The van der Waals surface area contributed by atoms with Gasteiger partial charge in [0.2, 0.25) is 0 Å². The number of non-ortho nitro benzene ring substituents is 1. The van der Waals surface area contributed by atoms with E-state index in [0.717, 1.165) is 5.56 Å². The van der Waals surface area contributed by atoms with Gasteiger partial charge in [-0.05, 0) is 5.56 Å². The standard InChI is InChI=1S/C18H17NO6/c1-2-23-17(15-6-4-3-5-7-15)25-18(20)24-13-12-14-8-10-16(11-9-14)19(21)22/h2-11,17H,1,12-13H2. The Kier molecular flexibility index (Phi) is 6.53. The van der Waals surface area contributed by atoms with E-state index >= 15 is 0 Å². The first kappa shape index (κ1) is 18.0. The van der Waals surface area contributed by atoms with E-state index in [1.807, 2.05) is 6.07 Å². The molecule has 0 amide bonds. The third-order valence-corrected chi connectivity index (χ3v) is 3.25. The van der Waals surface area contributed by atoms with Crippen molar-refractivity contribution >= 4 is 11.8 Å². The van der Waals surface area contributed by atoms with Gasteiger partial charge in [-0.25, -0.2) is 4.79 Å². The maximum atomic E-state index is 11.8. The highest BCUT2D eigenvalue weighted by Gasteiger charge is 2.17. The molecule has 1 atom stereocenters. The molecule has 2 rings (SSSR count). The van der Waals surface area contributed by atoms with Crippen molar-refractivity contribution in [2.24, 2.45) is 0 Å². The van der Waals surface area contributed by atoms with Crippen LogP contribution in [0.1, 0.15) is 17.4 Å². The van der Waals surface area contributed by atoms with Gasteiger partial charge in [0, 0.05) is 24.1 Å². The van der Waals surface area contributed by atoms with Crippen molar-refractivity contribution in [1.82, 2.24) is 0 Å². The summed E-state index contributed by atoms with van der Waals surface area (Å²) in [6, 6.07) is 14.9. The highest BCUT2D eigenvalue weighted by atomic mass is 16.8. The number of hydrogen-bond acceptors (Lipinski definition) is 6. The van der Waals surface area contributed by atoms with Gasteiger partial charge in [0.05, 0.1) is 17.8 Å². The number of carbonyl (C=O) groups excluding carboxylic acids is 1. The molecule has 0 heterocycles. The molecule has 0 aromatic heterocycles. The molecule has 0 aliphatic rings. The van der Waals surface area contributed by atoms with Gasteiger partial charge < -0.3 is 14.2 Å². The van der Waals surface area contributed by atoms with Gasteiger partial charge in [0.25, 0.3) is 12.0 Å². The third kappa shape index (κ3) is 5.65. The lowest BCUT2D eigenvalue weighted by Crippen LogP contribution is -2.15. The Balaban J connectivity index is 1.82. The molecule has 2 aromatic carbocycles. The van der Waals surface area contributed by atoms with E-state index in [1.54, 1.807) is 36.4 Å². The summed E-state index contributed by atoms with van der Waals surface area (Å²) in [6.07, 6.45) is -0.226. The van der Waals surface area contributed by atoms with Crippen molar-refractivity contribution in [3.05, 3.63) is 88.7 Å². The predicted molar refractivity (Wildman–Crippen MR) is 89.7 cm³/mol. The SMILES string of the molecule is C=COC(OC(=O)OCCc1ccc([N+](=O)[O-])cc1)c1ccccc1. The van der Waals surface area contributed by atoms with Crippen LogP contribution in [0.5, 0.6) is 0 Å². The van der Waals surface area contributed by atoms with Crippen LogP contribution in [-0.2, 0) is 20.6 Å². The fourth-order valence-electron chi connectivity index (χ4n) is 2.03. The second kappa shape index (κ2) is 9.07. The number of nitro groups is 1. The van der Waals surface area contributed by atoms with Gasteiger partial charge in [-0.15, -0.1) is 0 Å². The first-order valence-electron chi connectivity index (χ1n) is 7.48. The lowest BCUT2D eigenvalue weighted by Gasteiger charge is -2.17. The van der Waals surface area contributed by atoms with Crippen molar-refractivity contribution < 1.29 is 23.9 Å². The van der Waals surface area contributed by atoms with Gasteiger partial charge in [-0.1, -0.05) is 49.0 Å². The largest absolute Gasteiger partial charge is 0.511 e. The Morgan fingerprint density at radius 3 is 2.44 bits per heavy atom. The molecule has 25 heavy (non-hydrogen) atoms. The first-order chi connectivity index (χ1) is 12.1. The number of nitro benzene ring substituents is 1. The Bertz CT molecular complexity index is 714. The fourth-order valence-corrected chi connectivity index (χ4v) is 2.03. The summed E-state index contributed by atoms with van der Waals surface area (Å²) in [5, 5.41) is 10.6. The summed E-state index contributed by atoms with van der Waals surface area (Å²) < 4.78 is 15.3. The molecule has 0 bridgehead atoms. The highest BCUT2D eigenvalue weighted by Crippen LogP contribution is 2.19. The highest BCUT2D eigenvalue weighted by molar-refractivity contribution is 5.60. The average Bonchev–Trinajstić information content (AvgIpc) is 2.62. The summed E-state index contributed by atoms with van der Waals surface area (Å²) in [5.74, 6) is 0. The molecule has 7 heteroatoms. The maximum absolute atomic E-state index is 11.8. The summed E-state index contributed by atoms with van der Waals surface area (Å²) >= 11 is 0. The lowest BCUT2D eigenvalue weighted by molar-refractivity contribution is -0.384. The van der Waals surface area contributed by atoms with Crippen LogP contribution in [0.25, 0.3) is 0 Å². The van der Waals surface area contributed by atoms with Crippen molar-refractivity contribution in [3.63, 3.8) is 0 Å². The molecule has 0 saturated heterocycles. The fraction of sp³-hybridized carbons (Fsp3) is 0.167. The number of rotatable bonds is 8. The molecule has 0 saturated carbocycles. The van der Waals surface area contributed by atoms with Crippen LogP contribution in [0.4, 0.5) is 10.5 Å². The molecule has 0 aliphatic heterocycles. The minimum atomic E-state index is -0.939. The van der Waals surface area contributed by atoms with Crippen molar-refractivity contribution in [2.45, 2.75) is 12.7 Å². The maximum Gasteiger partial charge on any atom is 0.511 e. The Morgan fingerprint density at radius 2 is 1.84 bits per heavy atom. The van der Waals surface area contributed by atoms with Crippen LogP contribution < -0.4 is 0 Å². The number of nitrogens with zero attached hydrogens (tertiary/aromatic N) is 1. The summed E-state index contributed by atoms with van der Waals surface area (Å²) in [6.45, 7) is 3.53. The molecule has 0 spiro atoms. The Morgan fingerprint density at radius 1 is 1.16 bits per heavy atom. The molecule has 7 nitrogen and oxygen atoms in total. The number of carbonyl (C=O) groups is 1. The molecular weight excluding hydrogens is 326 g/mol. The van der Waals surface area contributed by atoms with E-state index in [4.69, 9.17) is 14.2 Å². The van der Waals surface area contributed by atoms with E-state index in [0.29, 0.717) is 12.0 Å². The Hall–Kier alpha value is -3.35. The monoisotopic (exact) mass is 343 g/mol. The second-order valence-electron chi connectivity index (χ2n) is 4.94. The van der Waals surface area contributed by atoms with Gasteiger partial charge in [0.15, 0.2) is 0 Å². The van der Waals surface area contributed by atoms with Gasteiger partial charge >= 0.3 is 6.16 Å². The van der Waals surface area contributed by atoms with E-state index in [1.165, 1.54) is 18.4 Å². The minimum Gasteiger partial charge on any atom is -0.459 e. The molecular formula is C18H17NO6. The van der Waals surface area contributed by atoms with E-state index in [9.17, 15) is 14.9 Å². The molecule has 0 fully saturated rings. The number of benzene rings is 2. The third-order valence-electron chi connectivity index (χ3n) is 3.25. The average molecular weight is 343 g/mol. The summed E-state index contributed by atoms with van der Waals surface area (Å²) in [5.41, 5.74) is 1.46. The van der Waals surface area contributed by atoms with Crippen LogP contribution in [0, 0.1) is 10.1 Å². The number of ether oxygens (including phenoxy) is 3. The Labute approximate surface area is 144 Å². The van der Waals surface area contributed by atoms with Crippen LogP contribution in [0.15, 0.2) is 67.4 Å². The lowest BCUT2D eigenvalue weighted by atomic mass is 10.1. The summed E-state index contributed by atoms with van der Waals surface area (Å²) in [7, 11) is 0. The van der Waals surface area contributed by atoms with Gasteiger partial charge in [-0.3, -0.25) is 10.1 Å². The smallest absolute Gasteiger partial charge is 0.459 e. The van der Waals surface area contributed by atoms with Crippen molar-refractivity contribution in [3.8, 4) is 0 Å². The van der Waals surface area contributed by atoms with Crippen LogP contribution >= 0.6 is 0 Å². The zero-order valence-electron chi connectivity index (χ0n) is 13.4. The molecule has 0 aliphatic carbocycles.